The standard InChI is InChI=1S/C11H22N2O3/c1-8(2)6-9(13(3)4)11(15)12-7-10(14)16-5/h8-9H,6-7H2,1-5H3,(H,12,15)/t9-/m0/s1. The molecule has 1 atom stereocenters. The maximum Gasteiger partial charge on any atom is 0.325 e. The van der Waals surface area contributed by atoms with Gasteiger partial charge in [0.25, 0.3) is 0 Å². The average molecular weight is 230 g/mol. The first kappa shape index (κ1) is 14.9. The van der Waals surface area contributed by atoms with Crippen molar-refractivity contribution in [1.82, 2.24) is 10.2 Å². The average Bonchev–Trinajstić information content (AvgIpc) is 2.21. The van der Waals surface area contributed by atoms with Crippen molar-refractivity contribution in [3.63, 3.8) is 0 Å². The maximum absolute atomic E-state index is 11.8. The minimum atomic E-state index is -0.435. The summed E-state index contributed by atoms with van der Waals surface area (Å²) in [6.07, 6.45) is 0.764. The van der Waals surface area contributed by atoms with Crippen LogP contribution in [0.25, 0.3) is 0 Å². The smallest absolute Gasteiger partial charge is 0.325 e. The third-order valence-corrected chi connectivity index (χ3v) is 2.26. The maximum atomic E-state index is 11.8. The molecule has 0 heterocycles. The first-order chi connectivity index (χ1) is 7.38. The summed E-state index contributed by atoms with van der Waals surface area (Å²) in [6.45, 7) is 4.05. The van der Waals surface area contributed by atoms with E-state index < -0.39 is 5.97 Å². The summed E-state index contributed by atoms with van der Waals surface area (Å²) in [7, 11) is 5.00. The summed E-state index contributed by atoms with van der Waals surface area (Å²) in [5.74, 6) is -0.143. The fraction of sp³-hybridized carbons (Fsp3) is 0.818. The molecular formula is C11H22N2O3. The molecule has 0 fully saturated rings. The Hall–Kier alpha value is -1.10. The molecule has 0 aromatic carbocycles. The van der Waals surface area contributed by atoms with Crippen LogP contribution in [0.4, 0.5) is 0 Å². The highest BCUT2D eigenvalue weighted by Crippen LogP contribution is 2.08. The second kappa shape index (κ2) is 7.22. The number of rotatable bonds is 6. The fourth-order valence-electron chi connectivity index (χ4n) is 1.35. The van der Waals surface area contributed by atoms with Gasteiger partial charge in [-0.3, -0.25) is 14.5 Å². The Balaban J connectivity index is 4.22. The molecule has 0 spiro atoms. The molecule has 0 unspecified atom stereocenters. The van der Waals surface area contributed by atoms with E-state index in [1.165, 1.54) is 7.11 Å². The fourth-order valence-corrected chi connectivity index (χ4v) is 1.35. The van der Waals surface area contributed by atoms with E-state index >= 15 is 0 Å². The van der Waals surface area contributed by atoms with Gasteiger partial charge in [0, 0.05) is 0 Å². The SMILES string of the molecule is COC(=O)CNC(=O)[C@H](CC(C)C)N(C)C. The van der Waals surface area contributed by atoms with E-state index in [1.54, 1.807) is 0 Å². The molecule has 16 heavy (non-hydrogen) atoms. The predicted octanol–water partition coefficient (Wildman–Crippen LogP) is 0.252. The van der Waals surface area contributed by atoms with Crippen LogP contribution >= 0.6 is 0 Å². The van der Waals surface area contributed by atoms with Gasteiger partial charge in [-0.25, -0.2) is 0 Å². The van der Waals surface area contributed by atoms with E-state index in [0.717, 1.165) is 6.42 Å². The Bertz CT molecular complexity index is 239. The Morgan fingerprint density at radius 2 is 1.88 bits per heavy atom. The summed E-state index contributed by atoms with van der Waals surface area (Å²) in [6, 6.07) is -0.204. The largest absolute Gasteiger partial charge is 0.468 e. The van der Waals surface area contributed by atoms with Gasteiger partial charge in [0.15, 0.2) is 0 Å². The summed E-state index contributed by atoms with van der Waals surface area (Å²) in [4.78, 5) is 24.5. The summed E-state index contributed by atoms with van der Waals surface area (Å²) in [5.41, 5.74) is 0. The van der Waals surface area contributed by atoms with E-state index in [2.05, 4.69) is 23.9 Å². The van der Waals surface area contributed by atoms with Crippen molar-refractivity contribution in [1.29, 1.82) is 0 Å². The Morgan fingerprint density at radius 3 is 2.25 bits per heavy atom. The number of nitrogens with one attached hydrogen (secondary N) is 1. The van der Waals surface area contributed by atoms with Gasteiger partial charge in [-0.15, -0.1) is 0 Å². The number of ether oxygens (including phenoxy) is 1. The van der Waals surface area contributed by atoms with Crippen LogP contribution in [0, 0.1) is 5.92 Å². The van der Waals surface area contributed by atoms with Crippen molar-refractivity contribution in [2.24, 2.45) is 5.92 Å². The first-order valence-electron chi connectivity index (χ1n) is 5.39. The molecule has 0 aromatic heterocycles. The van der Waals surface area contributed by atoms with Crippen LogP contribution < -0.4 is 5.32 Å². The summed E-state index contributed by atoms with van der Waals surface area (Å²) in [5, 5.41) is 2.56. The Kier molecular flexibility index (Phi) is 6.72. The van der Waals surface area contributed by atoms with Crippen molar-refractivity contribution in [3.8, 4) is 0 Å². The number of nitrogens with zero attached hydrogens (tertiary/aromatic N) is 1. The summed E-state index contributed by atoms with van der Waals surface area (Å²) >= 11 is 0. The molecule has 0 rings (SSSR count). The molecular weight excluding hydrogens is 208 g/mol. The minimum absolute atomic E-state index is 0.0717. The number of methoxy groups -OCH3 is 1. The van der Waals surface area contributed by atoms with Crippen molar-refractivity contribution in [2.45, 2.75) is 26.3 Å². The number of carbonyl (C=O) groups is 2. The molecule has 0 bridgehead atoms. The van der Waals surface area contributed by atoms with Crippen molar-refractivity contribution in [3.05, 3.63) is 0 Å². The quantitative estimate of drug-likeness (QED) is 0.665. The van der Waals surface area contributed by atoms with Crippen LogP contribution in [-0.4, -0.2) is 50.6 Å². The number of hydrogen-bond donors (Lipinski definition) is 1. The van der Waals surface area contributed by atoms with E-state index in [1.807, 2.05) is 19.0 Å². The lowest BCUT2D eigenvalue weighted by Crippen LogP contribution is -2.45. The van der Waals surface area contributed by atoms with Crippen LogP contribution in [0.1, 0.15) is 20.3 Å². The number of esters is 1. The molecule has 1 amide bonds. The predicted molar refractivity (Wildman–Crippen MR) is 62.0 cm³/mol. The molecule has 5 nitrogen and oxygen atoms in total. The molecule has 0 radical (unpaired) electrons. The third-order valence-electron chi connectivity index (χ3n) is 2.26. The topological polar surface area (TPSA) is 58.6 Å². The van der Waals surface area contributed by atoms with Gasteiger partial charge in [-0.2, -0.15) is 0 Å². The van der Waals surface area contributed by atoms with Gasteiger partial charge in [-0.1, -0.05) is 13.8 Å². The zero-order valence-electron chi connectivity index (χ0n) is 10.7. The lowest BCUT2D eigenvalue weighted by molar-refractivity contribution is -0.141. The lowest BCUT2D eigenvalue weighted by atomic mass is 10.0. The second-order valence-corrected chi connectivity index (χ2v) is 4.40. The van der Waals surface area contributed by atoms with Gasteiger partial charge in [0.05, 0.1) is 13.2 Å². The highest BCUT2D eigenvalue weighted by atomic mass is 16.5. The number of likely N-dealkylation sites (N-methyl/N-ethyl adjacent to an activating group) is 1. The molecule has 94 valence electrons. The minimum Gasteiger partial charge on any atom is -0.468 e. The third kappa shape index (κ3) is 5.70. The van der Waals surface area contributed by atoms with Crippen LogP contribution in [0.3, 0.4) is 0 Å². The molecule has 1 N–H and O–H groups in total. The first-order valence-corrected chi connectivity index (χ1v) is 5.39. The number of amides is 1. The van der Waals surface area contributed by atoms with Crippen LogP contribution in [0.15, 0.2) is 0 Å². The molecule has 0 aromatic rings. The highest BCUT2D eigenvalue weighted by molar-refractivity contribution is 5.85. The monoisotopic (exact) mass is 230 g/mol. The van der Waals surface area contributed by atoms with Crippen molar-refractivity contribution in [2.75, 3.05) is 27.7 Å². The number of hydrogen-bond acceptors (Lipinski definition) is 4. The normalized spacial score (nSPS) is 12.7. The van der Waals surface area contributed by atoms with E-state index in [4.69, 9.17) is 0 Å². The van der Waals surface area contributed by atoms with Gasteiger partial charge in [0.1, 0.15) is 6.54 Å². The molecule has 0 aliphatic heterocycles. The Morgan fingerprint density at radius 1 is 1.31 bits per heavy atom. The second-order valence-electron chi connectivity index (χ2n) is 4.40. The molecule has 0 saturated carbocycles. The number of carbonyl (C=O) groups excluding carboxylic acids is 2. The van der Waals surface area contributed by atoms with Crippen LogP contribution in [-0.2, 0) is 14.3 Å². The molecule has 0 aliphatic rings. The van der Waals surface area contributed by atoms with E-state index in [-0.39, 0.29) is 18.5 Å². The zero-order valence-corrected chi connectivity index (χ0v) is 10.7. The van der Waals surface area contributed by atoms with Crippen molar-refractivity contribution < 1.29 is 14.3 Å². The molecule has 0 aliphatic carbocycles. The molecule has 5 heteroatoms. The van der Waals surface area contributed by atoms with E-state index in [9.17, 15) is 9.59 Å². The zero-order chi connectivity index (χ0) is 12.7. The molecule has 0 saturated heterocycles. The van der Waals surface area contributed by atoms with Crippen LogP contribution in [0.2, 0.25) is 0 Å². The van der Waals surface area contributed by atoms with Crippen LogP contribution in [0.5, 0.6) is 0 Å². The van der Waals surface area contributed by atoms with E-state index in [0.29, 0.717) is 5.92 Å². The van der Waals surface area contributed by atoms with Crippen molar-refractivity contribution >= 4 is 11.9 Å². The highest BCUT2D eigenvalue weighted by Gasteiger charge is 2.22. The summed E-state index contributed by atoms with van der Waals surface area (Å²) < 4.78 is 4.45. The van der Waals surface area contributed by atoms with Gasteiger partial charge in [-0.05, 0) is 26.4 Å². The van der Waals surface area contributed by atoms with Gasteiger partial charge < -0.3 is 10.1 Å². The van der Waals surface area contributed by atoms with Gasteiger partial charge >= 0.3 is 5.97 Å². The Labute approximate surface area is 97.1 Å². The lowest BCUT2D eigenvalue weighted by Gasteiger charge is -2.24. The van der Waals surface area contributed by atoms with Gasteiger partial charge in [0.2, 0.25) is 5.91 Å².